The van der Waals surface area contributed by atoms with Gasteiger partial charge >= 0.3 is 0 Å². The van der Waals surface area contributed by atoms with Gasteiger partial charge in [-0.15, -0.1) is 0 Å². The SMILES string of the molecule is CC(NC(=O)CNCC1CC1)C1CC2CCC1C2. The van der Waals surface area contributed by atoms with Gasteiger partial charge in [-0.05, 0) is 69.2 Å². The van der Waals surface area contributed by atoms with Gasteiger partial charge in [0, 0.05) is 6.04 Å². The molecule has 2 bridgehead atoms. The van der Waals surface area contributed by atoms with E-state index >= 15 is 0 Å². The minimum absolute atomic E-state index is 0.186. The third-order valence-electron chi connectivity index (χ3n) is 5.24. The molecule has 0 aromatic heterocycles. The molecule has 2 N–H and O–H groups in total. The lowest BCUT2D eigenvalue weighted by atomic mass is 9.84. The molecule has 3 aliphatic carbocycles. The smallest absolute Gasteiger partial charge is 0.234 e. The maximum Gasteiger partial charge on any atom is 0.234 e. The Labute approximate surface area is 110 Å². The lowest BCUT2D eigenvalue weighted by Gasteiger charge is -2.28. The molecule has 0 aliphatic heterocycles. The third kappa shape index (κ3) is 2.87. The fourth-order valence-corrected chi connectivity index (χ4v) is 4.03. The molecule has 102 valence electrons. The molecule has 1 amide bonds. The largest absolute Gasteiger partial charge is 0.352 e. The van der Waals surface area contributed by atoms with Crippen LogP contribution < -0.4 is 10.6 Å². The first-order chi connectivity index (χ1) is 8.72. The molecule has 0 aromatic carbocycles. The van der Waals surface area contributed by atoms with Gasteiger partial charge in [0.2, 0.25) is 5.91 Å². The minimum Gasteiger partial charge on any atom is -0.352 e. The van der Waals surface area contributed by atoms with Crippen LogP contribution in [0.3, 0.4) is 0 Å². The van der Waals surface area contributed by atoms with Crippen molar-refractivity contribution in [3.63, 3.8) is 0 Å². The predicted octanol–water partition coefficient (Wildman–Crippen LogP) is 1.93. The zero-order valence-electron chi connectivity index (χ0n) is 11.5. The third-order valence-corrected chi connectivity index (χ3v) is 5.24. The van der Waals surface area contributed by atoms with E-state index in [9.17, 15) is 4.79 Å². The van der Waals surface area contributed by atoms with Crippen LogP contribution in [-0.4, -0.2) is 25.0 Å². The average Bonchev–Trinajstić information content (AvgIpc) is 2.92. The Morgan fingerprint density at radius 2 is 2.06 bits per heavy atom. The first-order valence-corrected chi connectivity index (χ1v) is 7.72. The molecule has 3 fully saturated rings. The second-order valence-corrected chi connectivity index (χ2v) is 6.77. The van der Waals surface area contributed by atoms with E-state index in [2.05, 4.69) is 17.6 Å². The number of rotatable bonds is 6. The van der Waals surface area contributed by atoms with Crippen molar-refractivity contribution in [3.05, 3.63) is 0 Å². The van der Waals surface area contributed by atoms with E-state index in [0.717, 1.165) is 30.2 Å². The molecular formula is C15H26N2O. The number of hydrogen-bond donors (Lipinski definition) is 2. The summed E-state index contributed by atoms with van der Waals surface area (Å²) < 4.78 is 0. The second kappa shape index (κ2) is 5.20. The Morgan fingerprint density at radius 3 is 2.67 bits per heavy atom. The van der Waals surface area contributed by atoms with Crippen LogP contribution >= 0.6 is 0 Å². The van der Waals surface area contributed by atoms with Crippen molar-refractivity contribution in [2.45, 2.75) is 51.5 Å². The van der Waals surface area contributed by atoms with Crippen LogP contribution in [0.4, 0.5) is 0 Å². The van der Waals surface area contributed by atoms with Gasteiger partial charge in [-0.3, -0.25) is 4.79 Å². The standard InChI is InChI=1S/C15H26N2O/c1-10(14-7-12-4-5-13(14)6-12)17-15(18)9-16-8-11-2-3-11/h10-14,16H,2-9H2,1H3,(H,17,18). The monoisotopic (exact) mass is 250 g/mol. The van der Waals surface area contributed by atoms with Gasteiger partial charge in [0.15, 0.2) is 0 Å². The van der Waals surface area contributed by atoms with Gasteiger partial charge < -0.3 is 10.6 Å². The molecule has 3 aliphatic rings. The first-order valence-electron chi connectivity index (χ1n) is 7.72. The van der Waals surface area contributed by atoms with E-state index < -0.39 is 0 Å². The fraction of sp³-hybridized carbons (Fsp3) is 0.933. The highest BCUT2D eigenvalue weighted by Crippen LogP contribution is 2.49. The Bertz CT molecular complexity index is 314. The van der Waals surface area contributed by atoms with Crippen molar-refractivity contribution >= 4 is 5.91 Å². The van der Waals surface area contributed by atoms with Crippen LogP contribution in [0.25, 0.3) is 0 Å². The normalized spacial score (nSPS) is 35.7. The molecule has 3 nitrogen and oxygen atoms in total. The molecule has 3 saturated carbocycles. The van der Waals surface area contributed by atoms with Gasteiger partial charge in [-0.25, -0.2) is 0 Å². The second-order valence-electron chi connectivity index (χ2n) is 6.77. The van der Waals surface area contributed by atoms with E-state index in [0.29, 0.717) is 12.6 Å². The molecule has 3 heteroatoms. The number of amides is 1. The van der Waals surface area contributed by atoms with Crippen molar-refractivity contribution in [1.82, 2.24) is 10.6 Å². The summed E-state index contributed by atoms with van der Waals surface area (Å²) in [4.78, 5) is 11.8. The summed E-state index contributed by atoms with van der Waals surface area (Å²) in [5, 5.41) is 6.46. The molecule has 4 atom stereocenters. The van der Waals surface area contributed by atoms with Crippen LogP contribution in [0.15, 0.2) is 0 Å². The highest BCUT2D eigenvalue weighted by molar-refractivity contribution is 5.78. The zero-order chi connectivity index (χ0) is 12.5. The molecule has 18 heavy (non-hydrogen) atoms. The van der Waals surface area contributed by atoms with E-state index in [4.69, 9.17) is 0 Å². The fourth-order valence-electron chi connectivity index (χ4n) is 4.03. The van der Waals surface area contributed by atoms with Crippen LogP contribution in [0, 0.1) is 23.7 Å². The number of fused-ring (bicyclic) bond motifs is 2. The van der Waals surface area contributed by atoms with Crippen LogP contribution in [0.1, 0.15) is 45.4 Å². The Balaban J connectivity index is 1.37. The highest BCUT2D eigenvalue weighted by atomic mass is 16.1. The maximum absolute atomic E-state index is 11.8. The van der Waals surface area contributed by atoms with Gasteiger partial charge in [0.1, 0.15) is 0 Å². The lowest BCUT2D eigenvalue weighted by Crippen LogP contribution is -2.44. The van der Waals surface area contributed by atoms with Crippen molar-refractivity contribution in [3.8, 4) is 0 Å². The number of carbonyl (C=O) groups is 1. The zero-order valence-corrected chi connectivity index (χ0v) is 11.5. The Kier molecular flexibility index (Phi) is 3.60. The first kappa shape index (κ1) is 12.5. The van der Waals surface area contributed by atoms with Crippen LogP contribution in [-0.2, 0) is 4.79 Å². The summed E-state index contributed by atoms with van der Waals surface area (Å²) in [5.74, 6) is 3.64. The maximum atomic E-state index is 11.8. The van der Waals surface area contributed by atoms with Crippen molar-refractivity contribution in [2.24, 2.45) is 23.7 Å². The van der Waals surface area contributed by atoms with E-state index in [1.54, 1.807) is 0 Å². The Morgan fingerprint density at radius 1 is 1.22 bits per heavy atom. The quantitative estimate of drug-likeness (QED) is 0.756. The van der Waals surface area contributed by atoms with Crippen LogP contribution in [0.5, 0.6) is 0 Å². The molecular weight excluding hydrogens is 224 g/mol. The molecule has 0 heterocycles. The van der Waals surface area contributed by atoms with Crippen LogP contribution in [0.2, 0.25) is 0 Å². The molecule has 0 saturated heterocycles. The van der Waals surface area contributed by atoms with Gasteiger partial charge in [0.05, 0.1) is 6.54 Å². The Hall–Kier alpha value is -0.570. The topological polar surface area (TPSA) is 41.1 Å². The minimum atomic E-state index is 0.186. The summed E-state index contributed by atoms with van der Waals surface area (Å²) in [6.07, 6.45) is 8.29. The van der Waals surface area contributed by atoms with Gasteiger partial charge in [0.25, 0.3) is 0 Å². The summed E-state index contributed by atoms with van der Waals surface area (Å²) in [7, 11) is 0. The summed E-state index contributed by atoms with van der Waals surface area (Å²) >= 11 is 0. The molecule has 0 radical (unpaired) electrons. The average molecular weight is 250 g/mol. The van der Waals surface area contributed by atoms with Crippen molar-refractivity contribution in [2.75, 3.05) is 13.1 Å². The summed E-state index contributed by atoms with van der Waals surface area (Å²) in [5.41, 5.74) is 0. The molecule has 0 aromatic rings. The highest BCUT2D eigenvalue weighted by Gasteiger charge is 2.42. The molecule has 4 unspecified atom stereocenters. The predicted molar refractivity (Wildman–Crippen MR) is 72.1 cm³/mol. The van der Waals surface area contributed by atoms with E-state index in [1.807, 2.05) is 0 Å². The number of hydrogen-bond acceptors (Lipinski definition) is 2. The summed E-state index contributed by atoms with van der Waals surface area (Å²) in [6, 6.07) is 0.371. The van der Waals surface area contributed by atoms with E-state index in [-0.39, 0.29) is 5.91 Å². The van der Waals surface area contributed by atoms with Crippen molar-refractivity contribution < 1.29 is 4.79 Å². The molecule has 3 rings (SSSR count). The molecule has 0 spiro atoms. The van der Waals surface area contributed by atoms with Gasteiger partial charge in [-0.2, -0.15) is 0 Å². The summed E-state index contributed by atoms with van der Waals surface area (Å²) in [6.45, 7) is 3.72. The number of nitrogens with one attached hydrogen (secondary N) is 2. The van der Waals surface area contributed by atoms with E-state index in [1.165, 1.54) is 38.5 Å². The van der Waals surface area contributed by atoms with Crippen molar-refractivity contribution in [1.29, 1.82) is 0 Å². The lowest BCUT2D eigenvalue weighted by molar-refractivity contribution is -0.121. The number of carbonyl (C=O) groups excluding carboxylic acids is 1. The van der Waals surface area contributed by atoms with Gasteiger partial charge in [-0.1, -0.05) is 6.42 Å².